The summed E-state index contributed by atoms with van der Waals surface area (Å²) >= 11 is 6.00. The maximum atomic E-state index is 14.3. The molecule has 206 valence electrons. The lowest BCUT2D eigenvalue weighted by Gasteiger charge is -2.20. The number of sulfone groups is 1. The van der Waals surface area contributed by atoms with E-state index in [1.807, 2.05) is 43.3 Å². The van der Waals surface area contributed by atoms with Crippen molar-refractivity contribution in [2.24, 2.45) is 0 Å². The second kappa shape index (κ2) is 10.3. The van der Waals surface area contributed by atoms with Crippen LogP contribution in [-0.2, 0) is 19.9 Å². The molecular weight excluding hydrogens is 580 g/mol. The number of halogens is 1. The van der Waals surface area contributed by atoms with Crippen molar-refractivity contribution in [1.82, 2.24) is 14.5 Å². The van der Waals surface area contributed by atoms with E-state index < -0.39 is 25.9 Å². The van der Waals surface area contributed by atoms with Gasteiger partial charge in [-0.05, 0) is 61.0 Å². The van der Waals surface area contributed by atoms with Crippen molar-refractivity contribution in [2.45, 2.75) is 27.7 Å². The molecule has 6 rings (SSSR count). The van der Waals surface area contributed by atoms with E-state index in [1.54, 1.807) is 41.0 Å². The number of nitrogens with zero attached hydrogens (tertiary/aromatic N) is 3. The molecule has 0 spiro atoms. The highest BCUT2D eigenvalue weighted by molar-refractivity contribution is 7.93. The minimum Gasteiger partial charge on any atom is -0.302 e. The highest BCUT2D eigenvalue weighted by Crippen LogP contribution is 2.41. The number of rotatable bonds is 7. The molecule has 0 aliphatic rings. The number of anilines is 1. The van der Waals surface area contributed by atoms with Crippen LogP contribution in [0.1, 0.15) is 18.5 Å². The molecule has 1 atom stereocenters. The minimum atomic E-state index is -4.29. The third-order valence-electron chi connectivity index (χ3n) is 6.80. The van der Waals surface area contributed by atoms with Gasteiger partial charge in [-0.15, -0.1) is 0 Å². The van der Waals surface area contributed by atoms with Crippen molar-refractivity contribution < 1.29 is 16.8 Å². The fraction of sp³-hybridized carbons (Fsp3) is 0.0667. The third kappa shape index (κ3) is 4.84. The summed E-state index contributed by atoms with van der Waals surface area (Å²) in [6.45, 7) is 1.85. The van der Waals surface area contributed by atoms with Gasteiger partial charge >= 0.3 is 0 Å². The van der Waals surface area contributed by atoms with Crippen LogP contribution in [0, 0.1) is 0 Å². The van der Waals surface area contributed by atoms with Gasteiger partial charge in [-0.2, -0.15) is 0 Å². The zero-order valence-electron chi connectivity index (χ0n) is 21.6. The molecule has 0 aliphatic carbocycles. The van der Waals surface area contributed by atoms with E-state index in [-0.39, 0.29) is 31.7 Å². The van der Waals surface area contributed by atoms with Crippen LogP contribution < -0.4 is 4.72 Å². The highest BCUT2D eigenvalue weighted by Gasteiger charge is 2.35. The number of nitrogens with one attached hydrogen (secondary N) is 1. The summed E-state index contributed by atoms with van der Waals surface area (Å²) in [5, 5.41) is 0.364. The Labute approximate surface area is 242 Å². The standard InChI is InChI=1S/C30H23ClN4O4S2/c1-20(21-10-4-2-5-11-21)35-29-27(32-25-14-8-9-15-26(25)33-29)28(40(36,37)23-12-6-3-7-13-23)30(35)34-41(38,39)24-18-16-22(31)17-19-24/h2-20,34H,1H3/t20-/m0/s1. The molecule has 0 aliphatic heterocycles. The molecule has 0 fully saturated rings. The number of para-hydroxylation sites is 2. The molecule has 11 heteroatoms. The molecule has 6 aromatic rings. The van der Waals surface area contributed by atoms with Crippen molar-refractivity contribution in [3.8, 4) is 0 Å². The van der Waals surface area contributed by atoms with Crippen LogP contribution in [-0.4, -0.2) is 31.4 Å². The molecule has 0 unspecified atom stereocenters. The van der Waals surface area contributed by atoms with E-state index in [0.717, 1.165) is 5.56 Å². The number of aromatic nitrogens is 3. The summed E-state index contributed by atoms with van der Waals surface area (Å²) in [7, 11) is -8.57. The van der Waals surface area contributed by atoms with Crippen molar-refractivity contribution in [1.29, 1.82) is 0 Å². The molecule has 2 heterocycles. The molecular formula is C30H23ClN4O4S2. The van der Waals surface area contributed by atoms with Gasteiger partial charge in [0, 0.05) is 5.02 Å². The number of hydrogen-bond donors (Lipinski definition) is 1. The maximum Gasteiger partial charge on any atom is 0.263 e. The number of hydrogen-bond acceptors (Lipinski definition) is 6. The summed E-state index contributed by atoms with van der Waals surface area (Å²) in [4.78, 5) is 9.17. The Morgan fingerprint density at radius 2 is 1.27 bits per heavy atom. The molecule has 4 aromatic carbocycles. The number of sulfonamides is 1. The maximum absolute atomic E-state index is 14.3. The first-order valence-electron chi connectivity index (χ1n) is 12.6. The van der Waals surface area contributed by atoms with Gasteiger partial charge in [0.25, 0.3) is 10.0 Å². The zero-order valence-corrected chi connectivity index (χ0v) is 24.0. The van der Waals surface area contributed by atoms with Crippen LogP contribution in [0.25, 0.3) is 22.2 Å². The fourth-order valence-corrected chi connectivity index (χ4v) is 7.57. The van der Waals surface area contributed by atoms with Crippen LogP contribution >= 0.6 is 11.6 Å². The second-order valence-electron chi connectivity index (χ2n) is 9.39. The SMILES string of the molecule is C[C@@H](c1ccccc1)n1c(NS(=O)(=O)c2ccc(Cl)cc2)c(S(=O)(=O)c2ccccc2)c2nc3ccccc3nc21. The van der Waals surface area contributed by atoms with E-state index in [9.17, 15) is 16.8 Å². The van der Waals surface area contributed by atoms with E-state index in [2.05, 4.69) is 4.72 Å². The molecule has 0 saturated heterocycles. The molecule has 0 saturated carbocycles. The Hall–Kier alpha value is -4.25. The second-order valence-corrected chi connectivity index (χ2v) is 13.4. The fourth-order valence-electron chi connectivity index (χ4n) is 4.76. The topological polar surface area (TPSA) is 111 Å². The minimum absolute atomic E-state index is 0.00619. The van der Waals surface area contributed by atoms with E-state index >= 15 is 0 Å². The van der Waals surface area contributed by atoms with Gasteiger partial charge in [0.05, 0.1) is 26.9 Å². The Kier molecular flexibility index (Phi) is 6.77. The number of benzene rings is 4. The monoisotopic (exact) mass is 602 g/mol. The molecule has 1 N–H and O–H groups in total. The Morgan fingerprint density at radius 3 is 1.90 bits per heavy atom. The molecule has 0 bridgehead atoms. The lowest BCUT2D eigenvalue weighted by molar-refractivity contribution is 0.595. The average Bonchev–Trinajstić information content (AvgIpc) is 3.29. The van der Waals surface area contributed by atoms with Crippen molar-refractivity contribution in [3.05, 3.63) is 120 Å². The smallest absolute Gasteiger partial charge is 0.263 e. The summed E-state index contributed by atoms with van der Waals surface area (Å²) in [6, 6.07) is 29.4. The van der Waals surface area contributed by atoms with E-state index in [1.165, 1.54) is 36.4 Å². The van der Waals surface area contributed by atoms with Crippen LogP contribution in [0.4, 0.5) is 5.82 Å². The van der Waals surface area contributed by atoms with Crippen molar-refractivity contribution >= 4 is 59.5 Å². The van der Waals surface area contributed by atoms with Gasteiger partial charge in [0.2, 0.25) is 9.84 Å². The van der Waals surface area contributed by atoms with Crippen LogP contribution in [0.3, 0.4) is 0 Å². The summed E-state index contributed by atoms with van der Waals surface area (Å²) in [5.74, 6) is -0.162. The summed E-state index contributed by atoms with van der Waals surface area (Å²) in [6.07, 6.45) is 0. The van der Waals surface area contributed by atoms with Crippen molar-refractivity contribution in [2.75, 3.05) is 4.72 Å². The first kappa shape index (κ1) is 26.9. The third-order valence-corrected chi connectivity index (χ3v) is 10.2. The Morgan fingerprint density at radius 1 is 0.707 bits per heavy atom. The van der Waals surface area contributed by atoms with Gasteiger partial charge < -0.3 is 4.57 Å². The predicted molar refractivity (Wildman–Crippen MR) is 159 cm³/mol. The van der Waals surface area contributed by atoms with E-state index in [0.29, 0.717) is 16.1 Å². The van der Waals surface area contributed by atoms with Crippen LogP contribution in [0.2, 0.25) is 5.02 Å². The largest absolute Gasteiger partial charge is 0.302 e. The lowest BCUT2D eigenvalue weighted by Crippen LogP contribution is -2.20. The van der Waals surface area contributed by atoms with Gasteiger partial charge in [0.1, 0.15) is 16.2 Å². The first-order valence-corrected chi connectivity index (χ1v) is 16.0. The van der Waals surface area contributed by atoms with E-state index in [4.69, 9.17) is 21.6 Å². The molecule has 0 radical (unpaired) electrons. The summed E-state index contributed by atoms with van der Waals surface area (Å²) < 4.78 is 60.3. The van der Waals surface area contributed by atoms with Gasteiger partial charge in [0.15, 0.2) is 5.65 Å². The predicted octanol–water partition coefficient (Wildman–Crippen LogP) is 6.48. The van der Waals surface area contributed by atoms with Crippen LogP contribution in [0.15, 0.2) is 124 Å². The van der Waals surface area contributed by atoms with Gasteiger partial charge in [-0.1, -0.05) is 72.3 Å². The average molecular weight is 603 g/mol. The molecule has 2 aromatic heterocycles. The first-order chi connectivity index (χ1) is 19.7. The quantitative estimate of drug-likeness (QED) is 0.224. The molecule has 0 amide bonds. The zero-order chi connectivity index (χ0) is 28.8. The number of fused-ring (bicyclic) bond motifs is 2. The summed E-state index contributed by atoms with van der Waals surface area (Å²) in [5.41, 5.74) is 2.11. The Balaban J connectivity index is 1.73. The van der Waals surface area contributed by atoms with Crippen molar-refractivity contribution in [3.63, 3.8) is 0 Å². The van der Waals surface area contributed by atoms with Gasteiger partial charge in [-0.3, -0.25) is 4.72 Å². The lowest BCUT2D eigenvalue weighted by atomic mass is 10.1. The normalized spacial score (nSPS) is 12.9. The van der Waals surface area contributed by atoms with Gasteiger partial charge in [-0.25, -0.2) is 26.8 Å². The molecule has 8 nitrogen and oxygen atoms in total. The highest BCUT2D eigenvalue weighted by atomic mass is 35.5. The van der Waals surface area contributed by atoms with Crippen LogP contribution in [0.5, 0.6) is 0 Å². The Bertz CT molecular complexity index is 2120. The molecule has 41 heavy (non-hydrogen) atoms.